The normalized spacial score (nSPS) is 14.2. The average molecular weight is 397 g/mol. The molecule has 0 saturated carbocycles. The Bertz CT molecular complexity index is 854. The summed E-state index contributed by atoms with van der Waals surface area (Å²) < 4.78 is 54.7. The highest BCUT2D eigenvalue weighted by atomic mass is 19.4. The van der Waals surface area contributed by atoms with Crippen molar-refractivity contribution in [3.63, 3.8) is 0 Å². The number of nitrogens with one attached hydrogen (secondary N) is 1. The fourth-order valence-electron chi connectivity index (χ4n) is 2.72. The van der Waals surface area contributed by atoms with Crippen LogP contribution in [0.1, 0.15) is 5.56 Å². The lowest BCUT2D eigenvalue weighted by Gasteiger charge is -2.38. The Hall–Kier alpha value is -3.17. The van der Waals surface area contributed by atoms with Gasteiger partial charge in [0.25, 0.3) is 0 Å². The molecule has 150 valence electrons. The highest BCUT2D eigenvalue weighted by Gasteiger charge is 2.38. The molecule has 0 radical (unpaired) electrons. The van der Waals surface area contributed by atoms with Crippen LogP contribution >= 0.6 is 0 Å². The van der Waals surface area contributed by atoms with E-state index in [1.165, 1.54) is 31.4 Å². The number of pyridine rings is 1. The van der Waals surface area contributed by atoms with Crippen molar-refractivity contribution in [2.75, 3.05) is 32.6 Å². The molecule has 1 fully saturated rings. The van der Waals surface area contributed by atoms with Crippen molar-refractivity contribution < 1.29 is 32.2 Å². The van der Waals surface area contributed by atoms with Gasteiger partial charge in [-0.15, -0.1) is 0 Å². The van der Waals surface area contributed by atoms with Gasteiger partial charge in [0, 0.05) is 6.20 Å². The summed E-state index contributed by atoms with van der Waals surface area (Å²) in [6.07, 6.45) is -3.91. The first-order valence-corrected chi connectivity index (χ1v) is 8.29. The highest BCUT2D eigenvalue weighted by Crippen LogP contribution is 2.36. The van der Waals surface area contributed by atoms with E-state index >= 15 is 0 Å². The number of anilines is 1. The van der Waals surface area contributed by atoms with Crippen LogP contribution in [0, 0.1) is 0 Å². The molecule has 0 bridgehead atoms. The molecular formula is C18H18F3N3O4. The van der Waals surface area contributed by atoms with Gasteiger partial charge >= 0.3 is 12.2 Å². The monoisotopic (exact) mass is 397 g/mol. The number of halogens is 3. The minimum atomic E-state index is -4.56. The molecule has 1 saturated heterocycles. The first-order valence-electron chi connectivity index (χ1n) is 8.29. The van der Waals surface area contributed by atoms with Gasteiger partial charge in [-0.2, -0.15) is 13.2 Å². The predicted molar refractivity (Wildman–Crippen MR) is 93.8 cm³/mol. The third kappa shape index (κ3) is 4.05. The molecule has 0 spiro atoms. The molecule has 0 aliphatic carbocycles. The summed E-state index contributed by atoms with van der Waals surface area (Å²) in [5, 5.41) is 2.69. The zero-order chi connectivity index (χ0) is 20.3. The maximum Gasteiger partial charge on any atom is 0.421 e. The largest absolute Gasteiger partial charge is 0.493 e. The number of likely N-dealkylation sites (tertiary alicyclic amines) is 1. The van der Waals surface area contributed by atoms with E-state index < -0.39 is 29.8 Å². The molecule has 3 rings (SSSR count). The van der Waals surface area contributed by atoms with Crippen molar-refractivity contribution in [3.05, 3.63) is 42.1 Å². The minimum Gasteiger partial charge on any atom is -0.493 e. The molecule has 2 heterocycles. The molecule has 2 amide bonds. The van der Waals surface area contributed by atoms with Gasteiger partial charge in [-0.3, -0.25) is 0 Å². The Morgan fingerprint density at radius 3 is 2.57 bits per heavy atom. The molecule has 0 unspecified atom stereocenters. The highest BCUT2D eigenvalue weighted by molar-refractivity contribution is 5.92. The van der Waals surface area contributed by atoms with E-state index in [2.05, 4.69) is 10.3 Å². The third-order valence-corrected chi connectivity index (χ3v) is 4.13. The van der Waals surface area contributed by atoms with Gasteiger partial charge in [0.1, 0.15) is 11.7 Å². The number of benzene rings is 1. The van der Waals surface area contributed by atoms with E-state index in [9.17, 15) is 18.0 Å². The SMILES string of the molecule is COc1cccc(NC(=O)N2CC(Oc3ncccc3C(F)(F)F)C2)c1OC. The first-order chi connectivity index (χ1) is 13.3. The van der Waals surface area contributed by atoms with E-state index in [1.54, 1.807) is 18.2 Å². The molecule has 0 atom stereocenters. The Morgan fingerprint density at radius 2 is 1.93 bits per heavy atom. The predicted octanol–water partition coefficient (Wildman–Crippen LogP) is 3.41. The van der Waals surface area contributed by atoms with Crippen molar-refractivity contribution in [3.8, 4) is 17.4 Å². The lowest BCUT2D eigenvalue weighted by Crippen LogP contribution is -2.57. The van der Waals surface area contributed by atoms with Crippen LogP contribution in [0.25, 0.3) is 0 Å². The summed E-state index contributed by atoms with van der Waals surface area (Å²) >= 11 is 0. The van der Waals surface area contributed by atoms with Crippen molar-refractivity contribution in [2.24, 2.45) is 0 Å². The molecule has 1 aromatic carbocycles. The Labute approximate surface area is 159 Å². The van der Waals surface area contributed by atoms with Crippen LogP contribution in [0.3, 0.4) is 0 Å². The zero-order valence-electron chi connectivity index (χ0n) is 15.1. The number of hydrogen-bond donors (Lipinski definition) is 1. The molecule has 1 aromatic heterocycles. The summed E-state index contributed by atoms with van der Waals surface area (Å²) in [7, 11) is 2.93. The smallest absolute Gasteiger partial charge is 0.421 e. The summed E-state index contributed by atoms with van der Waals surface area (Å²) in [6.45, 7) is 0.262. The Balaban J connectivity index is 1.60. The van der Waals surface area contributed by atoms with Crippen LogP contribution in [0.5, 0.6) is 17.4 Å². The number of carbonyl (C=O) groups excluding carboxylic acids is 1. The van der Waals surface area contributed by atoms with Gasteiger partial charge < -0.3 is 24.4 Å². The van der Waals surface area contributed by atoms with Gasteiger partial charge in [-0.25, -0.2) is 9.78 Å². The van der Waals surface area contributed by atoms with Crippen molar-refractivity contribution in [1.29, 1.82) is 0 Å². The molecule has 1 N–H and O–H groups in total. The quantitative estimate of drug-likeness (QED) is 0.837. The van der Waals surface area contributed by atoms with Gasteiger partial charge in [-0.1, -0.05) is 6.07 Å². The number of nitrogens with zero attached hydrogens (tertiary/aromatic N) is 2. The lowest BCUT2D eigenvalue weighted by molar-refractivity contribution is -0.140. The second-order valence-electron chi connectivity index (χ2n) is 5.97. The zero-order valence-corrected chi connectivity index (χ0v) is 15.1. The minimum absolute atomic E-state index is 0.131. The number of aromatic nitrogens is 1. The van der Waals surface area contributed by atoms with E-state index in [-0.39, 0.29) is 13.1 Å². The summed E-state index contributed by atoms with van der Waals surface area (Å²) in [5.41, 5.74) is -0.528. The fourth-order valence-corrected chi connectivity index (χ4v) is 2.72. The summed E-state index contributed by atoms with van der Waals surface area (Å²) in [5.74, 6) is 0.337. The standard InChI is InChI=1S/C18H18F3N3O4/c1-26-14-7-3-6-13(15(14)27-2)23-17(25)24-9-11(10-24)28-16-12(18(19,20)21)5-4-8-22-16/h3-8,11H,9-10H2,1-2H3,(H,23,25). The van der Waals surface area contributed by atoms with Crippen LogP contribution < -0.4 is 19.5 Å². The number of carbonyl (C=O) groups is 1. The maximum absolute atomic E-state index is 13.0. The summed E-state index contributed by atoms with van der Waals surface area (Å²) in [4.78, 5) is 17.4. The number of alkyl halides is 3. The lowest BCUT2D eigenvalue weighted by atomic mass is 10.1. The average Bonchev–Trinajstić information content (AvgIpc) is 2.63. The van der Waals surface area contributed by atoms with Crippen LogP contribution in [0.4, 0.5) is 23.7 Å². The number of hydrogen-bond acceptors (Lipinski definition) is 5. The van der Waals surface area contributed by atoms with Crippen molar-refractivity contribution in [1.82, 2.24) is 9.88 Å². The van der Waals surface area contributed by atoms with Crippen LogP contribution in [0.15, 0.2) is 36.5 Å². The van der Waals surface area contributed by atoms with E-state index in [4.69, 9.17) is 14.2 Å². The van der Waals surface area contributed by atoms with Crippen molar-refractivity contribution >= 4 is 11.7 Å². The fraction of sp³-hybridized carbons (Fsp3) is 0.333. The molecule has 28 heavy (non-hydrogen) atoms. The second-order valence-corrected chi connectivity index (χ2v) is 5.97. The third-order valence-electron chi connectivity index (χ3n) is 4.13. The number of methoxy groups -OCH3 is 2. The van der Waals surface area contributed by atoms with Crippen LogP contribution in [0.2, 0.25) is 0 Å². The van der Waals surface area contributed by atoms with Gasteiger partial charge in [-0.05, 0) is 24.3 Å². The molecule has 1 aliphatic rings. The van der Waals surface area contributed by atoms with E-state index in [0.29, 0.717) is 17.2 Å². The topological polar surface area (TPSA) is 72.9 Å². The summed E-state index contributed by atoms with van der Waals surface area (Å²) in [6, 6.07) is 6.70. The van der Waals surface area contributed by atoms with Gasteiger partial charge in [0.05, 0.1) is 33.0 Å². The Kier molecular flexibility index (Phi) is 5.48. The molecular weight excluding hydrogens is 379 g/mol. The van der Waals surface area contributed by atoms with Crippen LogP contribution in [-0.4, -0.2) is 49.3 Å². The van der Waals surface area contributed by atoms with Gasteiger partial charge in [0.2, 0.25) is 5.88 Å². The van der Waals surface area contributed by atoms with Crippen LogP contribution in [-0.2, 0) is 6.18 Å². The second kappa shape index (κ2) is 7.83. The molecule has 1 aliphatic heterocycles. The molecule has 2 aromatic rings. The van der Waals surface area contributed by atoms with E-state index in [1.807, 2.05) is 0 Å². The van der Waals surface area contributed by atoms with Gasteiger partial charge in [0.15, 0.2) is 11.5 Å². The Morgan fingerprint density at radius 1 is 1.18 bits per heavy atom. The molecule has 10 heteroatoms. The number of urea groups is 1. The first kappa shape index (κ1) is 19.6. The van der Waals surface area contributed by atoms with E-state index in [0.717, 1.165) is 6.07 Å². The number of rotatable bonds is 5. The maximum atomic E-state index is 13.0. The molecule has 7 nitrogen and oxygen atoms in total. The number of ether oxygens (including phenoxy) is 3. The van der Waals surface area contributed by atoms with Crippen molar-refractivity contribution in [2.45, 2.75) is 12.3 Å². The number of amides is 2. The number of para-hydroxylation sites is 1.